The molecule has 0 saturated heterocycles. The molecule has 0 spiro atoms. The smallest absolute Gasteiger partial charge is 0.265 e. The van der Waals surface area contributed by atoms with E-state index in [1.54, 1.807) is 25.3 Å². The molecule has 0 saturated carbocycles. The Hall–Kier alpha value is -3.14. The number of carbonyl (C=O) groups is 2. The van der Waals surface area contributed by atoms with Gasteiger partial charge in [-0.3, -0.25) is 9.59 Å². The second kappa shape index (κ2) is 6.94. The normalized spacial score (nSPS) is 14.4. The molecule has 0 fully saturated rings. The van der Waals surface area contributed by atoms with Crippen LogP contribution in [0.1, 0.15) is 73.4 Å². The molecule has 1 aliphatic rings. The van der Waals surface area contributed by atoms with E-state index >= 15 is 0 Å². The van der Waals surface area contributed by atoms with Crippen LogP contribution in [0.5, 0.6) is 5.75 Å². The average molecular weight is 416 g/mol. The van der Waals surface area contributed by atoms with Gasteiger partial charge in [-0.25, -0.2) is 4.90 Å². The second-order valence-corrected chi connectivity index (χ2v) is 10.2. The molecular weight excluding hydrogens is 386 g/mol. The molecule has 0 N–H and O–H groups in total. The van der Waals surface area contributed by atoms with Crippen LogP contribution >= 0.6 is 0 Å². The van der Waals surface area contributed by atoms with Crippen molar-refractivity contribution in [2.45, 2.75) is 52.4 Å². The second-order valence-electron chi connectivity index (χ2n) is 10.2. The minimum absolute atomic E-state index is 0.113. The molecular formula is C27H29NO3. The molecule has 0 aromatic heterocycles. The van der Waals surface area contributed by atoms with E-state index in [0.29, 0.717) is 28.0 Å². The fourth-order valence-corrected chi connectivity index (χ4v) is 4.28. The van der Waals surface area contributed by atoms with Gasteiger partial charge in [-0.2, -0.15) is 0 Å². The third kappa shape index (κ3) is 3.31. The summed E-state index contributed by atoms with van der Waals surface area (Å²) in [4.78, 5) is 28.8. The number of hydrogen-bond donors (Lipinski definition) is 0. The summed E-state index contributed by atoms with van der Waals surface area (Å²) in [7, 11) is 1.59. The number of benzene rings is 3. The first-order valence-corrected chi connectivity index (χ1v) is 10.6. The van der Waals surface area contributed by atoms with E-state index in [1.165, 1.54) is 4.90 Å². The van der Waals surface area contributed by atoms with Crippen LogP contribution in [-0.4, -0.2) is 18.9 Å². The predicted molar refractivity (Wildman–Crippen MR) is 125 cm³/mol. The molecule has 4 nitrogen and oxygen atoms in total. The Labute approximate surface area is 183 Å². The third-order valence-electron chi connectivity index (χ3n) is 6.00. The highest BCUT2D eigenvalue weighted by Crippen LogP contribution is 2.41. The first-order valence-electron chi connectivity index (χ1n) is 10.6. The topological polar surface area (TPSA) is 46.6 Å². The van der Waals surface area contributed by atoms with Crippen molar-refractivity contribution in [1.82, 2.24) is 0 Å². The fraction of sp³-hybridized carbons (Fsp3) is 0.333. The maximum Gasteiger partial charge on any atom is 0.265 e. The van der Waals surface area contributed by atoms with Crippen LogP contribution in [0, 0.1) is 0 Å². The van der Waals surface area contributed by atoms with E-state index in [2.05, 4.69) is 53.7 Å². The lowest BCUT2D eigenvalue weighted by Crippen LogP contribution is -2.42. The number of nitrogens with zero attached hydrogens (tertiary/aromatic N) is 1. The SMILES string of the molecule is COc1ccc2c3c(cccc13)C(=O)N(c1cc(C(C)(C)C)ccc1C(C)(C)C)C2=O. The number of imide groups is 1. The lowest BCUT2D eigenvalue weighted by atomic mass is 9.80. The quantitative estimate of drug-likeness (QED) is 0.465. The molecule has 0 aliphatic carbocycles. The zero-order valence-electron chi connectivity index (χ0n) is 19.3. The molecule has 160 valence electrons. The summed E-state index contributed by atoms with van der Waals surface area (Å²) in [6, 6.07) is 15.2. The van der Waals surface area contributed by atoms with Gasteiger partial charge in [-0.05, 0) is 46.2 Å². The van der Waals surface area contributed by atoms with E-state index in [-0.39, 0.29) is 22.6 Å². The van der Waals surface area contributed by atoms with Gasteiger partial charge in [0.15, 0.2) is 0 Å². The van der Waals surface area contributed by atoms with Crippen molar-refractivity contribution >= 4 is 28.3 Å². The number of rotatable bonds is 2. The molecule has 2 amide bonds. The average Bonchev–Trinajstić information content (AvgIpc) is 2.70. The van der Waals surface area contributed by atoms with Gasteiger partial charge in [-0.15, -0.1) is 0 Å². The Kier molecular flexibility index (Phi) is 4.73. The molecule has 0 unspecified atom stereocenters. The highest BCUT2D eigenvalue weighted by molar-refractivity contribution is 6.36. The van der Waals surface area contributed by atoms with E-state index in [1.807, 2.05) is 18.2 Å². The summed E-state index contributed by atoms with van der Waals surface area (Å²) < 4.78 is 5.47. The van der Waals surface area contributed by atoms with Gasteiger partial charge in [0.1, 0.15) is 5.75 Å². The van der Waals surface area contributed by atoms with Crippen molar-refractivity contribution in [3.05, 3.63) is 70.8 Å². The largest absolute Gasteiger partial charge is 0.496 e. The molecule has 3 aromatic rings. The summed E-state index contributed by atoms with van der Waals surface area (Å²) in [6.07, 6.45) is 0. The number of hydrogen-bond acceptors (Lipinski definition) is 3. The Bertz CT molecular complexity index is 1200. The maximum atomic E-state index is 13.7. The van der Waals surface area contributed by atoms with Gasteiger partial charge in [0.05, 0.1) is 12.8 Å². The Morgan fingerprint density at radius 3 is 2.00 bits per heavy atom. The summed E-state index contributed by atoms with van der Waals surface area (Å²) in [5.74, 6) is 0.0561. The Morgan fingerprint density at radius 1 is 0.774 bits per heavy atom. The minimum atomic E-state index is -0.298. The van der Waals surface area contributed by atoms with Crippen LogP contribution in [0.15, 0.2) is 48.5 Å². The van der Waals surface area contributed by atoms with Gasteiger partial charge in [0, 0.05) is 21.9 Å². The molecule has 4 heteroatoms. The van der Waals surface area contributed by atoms with Gasteiger partial charge in [0.2, 0.25) is 0 Å². The zero-order valence-corrected chi connectivity index (χ0v) is 19.3. The summed E-state index contributed by atoms with van der Waals surface area (Å²) in [5, 5.41) is 1.44. The van der Waals surface area contributed by atoms with Crippen LogP contribution in [0.4, 0.5) is 5.69 Å². The number of ether oxygens (including phenoxy) is 1. The summed E-state index contributed by atoms with van der Waals surface area (Å²) in [5.41, 5.74) is 3.39. The van der Waals surface area contributed by atoms with Crippen LogP contribution in [0.25, 0.3) is 10.8 Å². The minimum Gasteiger partial charge on any atom is -0.496 e. The van der Waals surface area contributed by atoms with Crippen molar-refractivity contribution < 1.29 is 14.3 Å². The lowest BCUT2D eigenvalue weighted by Gasteiger charge is -2.33. The molecule has 3 aromatic carbocycles. The van der Waals surface area contributed by atoms with Gasteiger partial charge in [-0.1, -0.05) is 65.8 Å². The monoisotopic (exact) mass is 415 g/mol. The summed E-state index contributed by atoms with van der Waals surface area (Å²) in [6.45, 7) is 12.7. The van der Waals surface area contributed by atoms with Crippen LogP contribution in [0.2, 0.25) is 0 Å². The Morgan fingerprint density at radius 2 is 1.42 bits per heavy atom. The molecule has 0 bridgehead atoms. The van der Waals surface area contributed by atoms with Gasteiger partial charge >= 0.3 is 0 Å². The van der Waals surface area contributed by atoms with Crippen molar-refractivity contribution in [1.29, 1.82) is 0 Å². The first kappa shape index (κ1) is 21.1. The van der Waals surface area contributed by atoms with Crippen molar-refractivity contribution in [3.63, 3.8) is 0 Å². The molecule has 4 rings (SSSR count). The lowest BCUT2D eigenvalue weighted by molar-refractivity contribution is 0.0893. The highest BCUT2D eigenvalue weighted by atomic mass is 16.5. The first-order chi connectivity index (χ1) is 14.4. The van der Waals surface area contributed by atoms with Gasteiger partial charge in [0.25, 0.3) is 11.8 Å². The number of amides is 2. The number of methoxy groups -OCH3 is 1. The van der Waals surface area contributed by atoms with Crippen LogP contribution in [-0.2, 0) is 10.8 Å². The van der Waals surface area contributed by atoms with E-state index in [0.717, 1.165) is 16.5 Å². The van der Waals surface area contributed by atoms with Gasteiger partial charge < -0.3 is 4.74 Å². The molecule has 1 aliphatic heterocycles. The zero-order chi connectivity index (χ0) is 22.7. The highest BCUT2D eigenvalue weighted by Gasteiger charge is 2.37. The fourth-order valence-electron chi connectivity index (χ4n) is 4.28. The van der Waals surface area contributed by atoms with E-state index in [4.69, 9.17) is 4.74 Å². The third-order valence-corrected chi connectivity index (χ3v) is 6.00. The van der Waals surface area contributed by atoms with E-state index < -0.39 is 0 Å². The van der Waals surface area contributed by atoms with Crippen molar-refractivity contribution in [2.75, 3.05) is 12.0 Å². The van der Waals surface area contributed by atoms with E-state index in [9.17, 15) is 9.59 Å². The molecule has 0 atom stereocenters. The molecule has 31 heavy (non-hydrogen) atoms. The number of anilines is 1. The standard InChI is InChI=1S/C27H29NO3/c1-26(2,3)16-11-13-20(27(4,5)6)21(15-16)28-24(29)18-10-8-9-17-22(31-7)14-12-19(23(17)18)25(28)30/h8-15H,1-7H3. The number of carbonyl (C=O) groups excluding carboxylic acids is 2. The Balaban J connectivity index is 2.00. The maximum absolute atomic E-state index is 13.7. The van der Waals surface area contributed by atoms with Crippen molar-refractivity contribution in [3.8, 4) is 5.75 Å². The molecule has 1 heterocycles. The van der Waals surface area contributed by atoms with Crippen molar-refractivity contribution in [2.24, 2.45) is 0 Å². The predicted octanol–water partition coefficient (Wildman–Crippen LogP) is 6.24. The van der Waals surface area contributed by atoms with Crippen LogP contribution < -0.4 is 9.64 Å². The summed E-state index contributed by atoms with van der Waals surface area (Å²) >= 11 is 0. The molecule has 0 radical (unpaired) electrons. The van der Waals surface area contributed by atoms with Crippen LogP contribution in [0.3, 0.4) is 0 Å².